The number of amides is 1. The molecule has 152 valence electrons. The maximum absolute atomic E-state index is 14.8. The largest absolute Gasteiger partial charge is 0.507 e. The molecule has 0 radical (unpaired) electrons. The summed E-state index contributed by atoms with van der Waals surface area (Å²) >= 11 is 0. The number of nitrogens with zero attached hydrogens (tertiary/aromatic N) is 3. The van der Waals surface area contributed by atoms with Gasteiger partial charge in [-0.1, -0.05) is 24.3 Å². The highest BCUT2D eigenvalue weighted by molar-refractivity contribution is 6.46. The number of H-pyrrole nitrogens is 1. The molecule has 1 aromatic carbocycles. The molecule has 0 unspecified atom stereocenters. The highest BCUT2D eigenvalue weighted by Gasteiger charge is 2.47. The average Bonchev–Trinajstić information content (AvgIpc) is 3.20. The Balaban J connectivity index is 1.92. The number of aryl methyl sites for hydroxylation is 2. The van der Waals surface area contributed by atoms with Crippen molar-refractivity contribution in [1.82, 2.24) is 20.1 Å². The molecule has 4 rings (SSSR count). The lowest BCUT2D eigenvalue weighted by Gasteiger charge is -2.25. The minimum absolute atomic E-state index is 0.0392. The molecule has 1 aliphatic heterocycles. The molecule has 30 heavy (non-hydrogen) atoms. The van der Waals surface area contributed by atoms with Crippen LogP contribution >= 0.6 is 0 Å². The number of carbonyl (C=O) groups is 2. The number of aromatic nitrogens is 3. The van der Waals surface area contributed by atoms with Crippen LogP contribution in [-0.4, -0.2) is 36.9 Å². The van der Waals surface area contributed by atoms with E-state index in [1.807, 2.05) is 0 Å². The molecule has 1 amide bonds. The van der Waals surface area contributed by atoms with E-state index in [0.29, 0.717) is 22.5 Å². The number of nitrogens with one attached hydrogen (secondary N) is 1. The van der Waals surface area contributed by atoms with Crippen LogP contribution < -0.4 is 0 Å². The number of hydrogen-bond donors (Lipinski definition) is 2. The summed E-state index contributed by atoms with van der Waals surface area (Å²) in [6.07, 6.45) is 3.17. The van der Waals surface area contributed by atoms with Crippen molar-refractivity contribution < 1.29 is 19.1 Å². The summed E-state index contributed by atoms with van der Waals surface area (Å²) in [5, 5.41) is 17.8. The molecule has 0 saturated carbocycles. The van der Waals surface area contributed by atoms with Crippen LogP contribution in [0.1, 0.15) is 34.1 Å². The van der Waals surface area contributed by atoms with E-state index in [1.165, 1.54) is 23.1 Å². The van der Waals surface area contributed by atoms with Crippen molar-refractivity contribution >= 4 is 17.4 Å². The van der Waals surface area contributed by atoms with Gasteiger partial charge in [0.05, 0.1) is 22.9 Å². The quantitative estimate of drug-likeness (QED) is 0.394. The van der Waals surface area contributed by atoms with Gasteiger partial charge >= 0.3 is 0 Å². The van der Waals surface area contributed by atoms with E-state index in [9.17, 15) is 19.1 Å². The Morgan fingerprint density at radius 2 is 1.97 bits per heavy atom. The Hall–Kier alpha value is -3.81. The number of likely N-dealkylation sites (tertiary alicyclic amines) is 1. The number of hydrogen-bond acceptors (Lipinski definition) is 5. The van der Waals surface area contributed by atoms with Crippen LogP contribution in [0, 0.1) is 19.7 Å². The summed E-state index contributed by atoms with van der Waals surface area (Å²) in [7, 11) is 0. The lowest BCUT2D eigenvalue weighted by Crippen LogP contribution is -2.29. The molecule has 0 bridgehead atoms. The summed E-state index contributed by atoms with van der Waals surface area (Å²) in [6.45, 7) is 3.40. The molecule has 1 aliphatic rings. The van der Waals surface area contributed by atoms with E-state index >= 15 is 0 Å². The normalized spacial score (nSPS) is 18.2. The topological polar surface area (TPSA) is 99.2 Å². The molecule has 8 heteroatoms. The maximum Gasteiger partial charge on any atom is 0.295 e. The van der Waals surface area contributed by atoms with Crippen LogP contribution in [0.2, 0.25) is 0 Å². The number of aliphatic hydroxyl groups excluding tert-OH is 1. The van der Waals surface area contributed by atoms with Crippen molar-refractivity contribution in [1.29, 1.82) is 0 Å². The Bertz CT molecular complexity index is 1150. The van der Waals surface area contributed by atoms with Crippen LogP contribution in [0.5, 0.6) is 0 Å². The molecule has 1 saturated heterocycles. The third-order valence-corrected chi connectivity index (χ3v) is 5.18. The molecule has 3 heterocycles. The van der Waals surface area contributed by atoms with Crippen LogP contribution in [0.4, 0.5) is 4.39 Å². The minimum atomic E-state index is -1.08. The van der Waals surface area contributed by atoms with Crippen molar-refractivity contribution in [3.8, 4) is 0 Å². The third-order valence-electron chi connectivity index (χ3n) is 5.18. The van der Waals surface area contributed by atoms with E-state index in [2.05, 4.69) is 15.2 Å². The summed E-state index contributed by atoms with van der Waals surface area (Å²) in [4.78, 5) is 31.2. The molecule has 2 N–H and O–H groups in total. The van der Waals surface area contributed by atoms with Crippen LogP contribution in [-0.2, 0) is 16.1 Å². The molecular formula is C22H19FN4O3. The van der Waals surface area contributed by atoms with Gasteiger partial charge in [0, 0.05) is 30.2 Å². The number of benzene rings is 1. The number of ketones is 1. The fraction of sp³-hybridized carbons (Fsp3) is 0.182. The van der Waals surface area contributed by atoms with Crippen molar-refractivity contribution in [2.75, 3.05) is 0 Å². The highest BCUT2D eigenvalue weighted by Crippen LogP contribution is 2.41. The lowest BCUT2D eigenvalue weighted by molar-refractivity contribution is -0.140. The first kappa shape index (κ1) is 19.5. The second kappa shape index (κ2) is 7.55. The molecule has 2 aromatic heterocycles. The Morgan fingerprint density at radius 1 is 1.20 bits per heavy atom. The zero-order chi connectivity index (χ0) is 21.4. The summed E-state index contributed by atoms with van der Waals surface area (Å²) < 4.78 is 14.8. The van der Waals surface area contributed by atoms with E-state index in [1.54, 1.807) is 44.4 Å². The van der Waals surface area contributed by atoms with E-state index < -0.39 is 23.5 Å². The van der Waals surface area contributed by atoms with Gasteiger partial charge in [0.1, 0.15) is 11.6 Å². The maximum atomic E-state index is 14.8. The van der Waals surface area contributed by atoms with Gasteiger partial charge in [-0.2, -0.15) is 5.10 Å². The van der Waals surface area contributed by atoms with Crippen LogP contribution in [0.3, 0.4) is 0 Å². The van der Waals surface area contributed by atoms with Crippen LogP contribution in [0.15, 0.2) is 54.4 Å². The monoisotopic (exact) mass is 406 g/mol. The van der Waals surface area contributed by atoms with E-state index in [0.717, 1.165) is 0 Å². The van der Waals surface area contributed by atoms with E-state index in [-0.39, 0.29) is 23.4 Å². The first-order valence-electron chi connectivity index (χ1n) is 9.33. The Labute approximate surface area is 171 Å². The zero-order valence-electron chi connectivity index (χ0n) is 16.4. The standard InChI is InChI=1S/C22H19FN4O3/c1-12-17(13(2)26-25-12)20(28)18-19(15-7-3-4-8-16(15)23)27(22(30)21(18)29)11-14-6-5-9-24-10-14/h3-10,19,28H,11H2,1-2H3,(H,25,26)/t19-/m1/s1. The van der Waals surface area contributed by atoms with Gasteiger partial charge in [0.15, 0.2) is 0 Å². The second-order valence-electron chi connectivity index (χ2n) is 7.12. The first-order valence-corrected chi connectivity index (χ1v) is 9.33. The molecule has 1 fully saturated rings. The third kappa shape index (κ3) is 3.16. The molecular weight excluding hydrogens is 387 g/mol. The first-order chi connectivity index (χ1) is 14.4. The zero-order valence-corrected chi connectivity index (χ0v) is 16.4. The number of halogens is 1. The number of rotatable bonds is 4. The van der Waals surface area contributed by atoms with Gasteiger partial charge in [-0.15, -0.1) is 0 Å². The Morgan fingerprint density at radius 3 is 2.60 bits per heavy atom. The predicted octanol–water partition coefficient (Wildman–Crippen LogP) is 3.18. The SMILES string of the molecule is Cc1n[nH]c(C)c1C(O)=C1C(=O)C(=O)N(Cc2cccnc2)[C@@H]1c1ccccc1F. The molecule has 3 aromatic rings. The summed E-state index contributed by atoms with van der Waals surface area (Å²) in [5.74, 6) is -2.64. The van der Waals surface area contributed by atoms with Crippen molar-refractivity contribution in [2.24, 2.45) is 0 Å². The Kier molecular flexibility index (Phi) is 4.91. The smallest absolute Gasteiger partial charge is 0.295 e. The van der Waals surface area contributed by atoms with Crippen molar-refractivity contribution in [3.63, 3.8) is 0 Å². The molecule has 1 atom stereocenters. The minimum Gasteiger partial charge on any atom is -0.507 e. The van der Waals surface area contributed by atoms with Gasteiger partial charge in [0.2, 0.25) is 0 Å². The van der Waals surface area contributed by atoms with Gasteiger partial charge in [0.25, 0.3) is 11.7 Å². The van der Waals surface area contributed by atoms with Crippen molar-refractivity contribution in [3.05, 3.63) is 88.3 Å². The van der Waals surface area contributed by atoms with Gasteiger partial charge in [-0.25, -0.2) is 4.39 Å². The summed E-state index contributed by atoms with van der Waals surface area (Å²) in [6, 6.07) is 8.29. The number of pyridine rings is 1. The summed E-state index contributed by atoms with van der Waals surface area (Å²) in [5.41, 5.74) is 1.97. The van der Waals surface area contributed by atoms with Crippen molar-refractivity contribution in [2.45, 2.75) is 26.4 Å². The van der Waals surface area contributed by atoms with E-state index in [4.69, 9.17) is 0 Å². The predicted molar refractivity (Wildman–Crippen MR) is 107 cm³/mol. The molecule has 0 spiro atoms. The number of Topliss-reactive ketones (excluding diaryl/α,β-unsaturated/α-hetero) is 1. The second-order valence-corrected chi connectivity index (χ2v) is 7.12. The number of carbonyl (C=O) groups excluding carboxylic acids is 2. The van der Waals surface area contributed by atoms with Crippen LogP contribution in [0.25, 0.3) is 5.76 Å². The highest BCUT2D eigenvalue weighted by atomic mass is 19.1. The van der Waals surface area contributed by atoms with Gasteiger partial charge in [-0.05, 0) is 31.5 Å². The van der Waals surface area contributed by atoms with Gasteiger partial charge < -0.3 is 10.0 Å². The lowest BCUT2D eigenvalue weighted by atomic mass is 9.94. The number of aliphatic hydroxyl groups is 1. The molecule has 7 nitrogen and oxygen atoms in total. The average molecular weight is 406 g/mol. The molecule has 0 aliphatic carbocycles. The fourth-order valence-corrected chi connectivity index (χ4v) is 3.79. The number of aromatic amines is 1. The fourth-order valence-electron chi connectivity index (χ4n) is 3.79. The van der Waals surface area contributed by atoms with Gasteiger partial charge in [-0.3, -0.25) is 19.7 Å².